The average molecular weight is 359 g/mol. The van der Waals surface area contributed by atoms with Gasteiger partial charge < -0.3 is 10.1 Å². The monoisotopic (exact) mass is 357 g/mol. The Labute approximate surface area is 144 Å². The minimum atomic E-state index is -0.725. The Morgan fingerprint density at radius 1 is 1.14 bits per heavy atom. The third-order valence-electron chi connectivity index (χ3n) is 3.09. The van der Waals surface area contributed by atoms with Crippen LogP contribution in [0.5, 0.6) is 5.75 Å². The molecule has 0 bridgehead atoms. The Bertz CT molecular complexity index is 704. The highest BCUT2D eigenvalue weighted by molar-refractivity contribution is 6.35. The molecule has 0 heterocycles. The van der Waals surface area contributed by atoms with Crippen molar-refractivity contribution in [3.63, 3.8) is 0 Å². The number of anilines is 1. The summed E-state index contributed by atoms with van der Waals surface area (Å²) in [6, 6.07) is 10.1. The van der Waals surface area contributed by atoms with E-state index in [9.17, 15) is 4.79 Å². The predicted molar refractivity (Wildman–Crippen MR) is 91.4 cm³/mol. The van der Waals surface area contributed by atoms with Gasteiger partial charge in [-0.05, 0) is 49.7 Å². The number of nitrogens with one attached hydrogen (secondary N) is 1. The van der Waals surface area contributed by atoms with E-state index in [4.69, 9.17) is 39.5 Å². The van der Waals surface area contributed by atoms with E-state index >= 15 is 0 Å². The summed E-state index contributed by atoms with van der Waals surface area (Å²) in [5.41, 5.74) is 1.45. The molecule has 2 aromatic carbocycles. The fourth-order valence-corrected chi connectivity index (χ4v) is 2.42. The number of carbonyl (C=O) groups is 1. The van der Waals surface area contributed by atoms with E-state index in [2.05, 4.69) is 5.32 Å². The summed E-state index contributed by atoms with van der Waals surface area (Å²) in [7, 11) is 0. The number of carbonyl (C=O) groups excluding carboxylic acids is 1. The van der Waals surface area contributed by atoms with Gasteiger partial charge in [0, 0.05) is 15.7 Å². The van der Waals surface area contributed by atoms with Crippen LogP contribution in [-0.4, -0.2) is 12.0 Å². The summed E-state index contributed by atoms with van der Waals surface area (Å²) in [5, 5.41) is 4.23. The summed E-state index contributed by atoms with van der Waals surface area (Å²) in [4.78, 5) is 12.2. The average Bonchev–Trinajstić information content (AvgIpc) is 2.46. The van der Waals surface area contributed by atoms with Crippen molar-refractivity contribution in [2.75, 3.05) is 5.32 Å². The van der Waals surface area contributed by atoms with Crippen molar-refractivity contribution in [3.8, 4) is 5.75 Å². The molecule has 0 aliphatic carbocycles. The van der Waals surface area contributed by atoms with E-state index < -0.39 is 6.10 Å². The minimum Gasteiger partial charge on any atom is -0.479 e. The standard InChI is InChI=1S/C16H14Cl3NO2/c1-9-12(18)4-3-5-14(9)20-16(21)10(2)22-15-7-6-11(17)8-13(15)19/h3-8,10H,1-2H3,(H,20,21)/t10-/m1/s1. The first-order chi connectivity index (χ1) is 10.4. The first-order valence-corrected chi connectivity index (χ1v) is 7.69. The first-order valence-electron chi connectivity index (χ1n) is 6.56. The van der Waals surface area contributed by atoms with Crippen molar-refractivity contribution >= 4 is 46.4 Å². The first kappa shape index (κ1) is 16.9. The molecule has 0 aromatic heterocycles. The predicted octanol–water partition coefficient (Wildman–Crippen LogP) is 5.36. The number of benzene rings is 2. The fraction of sp³-hybridized carbons (Fsp3) is 0.188. The van der Waals surface area contributed by atoms with E-state index in [1.54, 1.807) is 43.3 Å². The number of rotatable bonds is 4. The van der Waals surface area contributed by atoms with E-state index in [1.165, 1.54) is 0 Å². The molecule has 1 amide bonds. The van der Waals surface area contributed by atoms with Crippen LogP contribution in [0.25, 0.3) is 0 Å². The third kappa shape index (κ3) is 4.07. The molecule has 1 N–H and O–H groups in total. The molecule has 0 radical (unpaired) electrons. The quantitative estimate of drug-likeness (QED) is 0.799. The van der Waals surface area contributed by atoms with Crippen LogP contribution in [0.3, 0.4) is 0 Å². The highest BCUT2D eigenvalue weighted by atomic mass is 35.5. The highest BCUT2D eigenvalue weighted by Crippen LogP contribution is 2.29. The number of hydrogen-bond donors (Lipinski definition) is 1. The molecular weight excluding hydrogens is 345 g/mol. The van der Waals surface area contributed by atoms with Gasteiger partial charge in [-0.3, -0.25) is 4.79 Å². The molecule has 3 nitrogen and oxygen atoms in total. The van der Waals surface area contributed by atoms with Crippen molar-refractivity contribution in [2.45, 2.75) is 20.0 Å². The Morgan fingerprint density at radius 2 is 1.86 bits per heavy atom. The molecule has 0 saturated carbocycles. The largest absolute Gasteiger partial charge is 0.479 e. The summed E-state index contributed by atoms with van der Waals surface area (Å²) in [6.45, 7) is 3.47. The lowest BCUT2D eigenvalue weighted by Gasteiger charge is -2.17. The lowest BCUT2D eigenvalue weighted by atomic mass is 10.2. The smallest absolute Gasteiger partial charge is 0.265 e. The van der Waals surface area contributed by atoms with Gasteiger partial charge in [0.2, 0.25) is 0 Å². The maximum atomic E-state index is 12.2. The van der Waals surface area contributed by atoms with Crippen LogP contribution in [0.15, 0.2) is 36.4 Å². The zero-order valence-electron chi connectivity index (χ0n) is 12.0. The van der Waals surface area contributed by atoms with Gasteiger partial charge in [0.15, 0.2) is 6.10 Å². The maximum Gasteiger partial charge on any atom is 0.265 e. The Hall–Kier alpha value is -1.42. The van der Waals surface area contributed by atoms with Crippen molar-refractivity contribution in [1.29, 1.82) is 0 Å². The summed E-state index contributed by atoms with van der Waals surface area (Å²) >= 11 is 17.9. The second-order valence-electron chi connectivity index (χ2n) is 4.74. The number of halogens is 3. The van der Waals surface area contributed by atoms with Gasteiger partial charge in [-0.1, -0.05) is 40.9 Å². The van der Waals surface area contributed by atoms with Gasteiger partial charge in [-0.15, -0.1) is 0 Å². The number of ether oxygens (including phenoxy) is 1. The fourth-order valence-electron chi connectivity index (χ4n) is 1.79. The van der Waals surface area contributed by atoms with Crippen LogP contribution in [0.2, 0.25) is 15.1 Å². The zero-order chi connectivity index (χ0) is 16.3. The molecule has 2 rings (SSSR count). The highest BCUT2D eigenvalue weighted by Gasteiger charge is 2.17. The van der Waals surface area contributed by atoms with Gasteiger partial charge in [-0.2, -0.15) is 0 Å². The second-order valence-corrected chi connectivity index (χ2v) is 5.99. The van der Waals surface area contributed by atoms with E-state index in [0.717, 1.165) is 5.56 Å². The van der Waals surface area contributed by atoms with Crippen LogP contribution in [0.1, 0.15) is 12.5 Å². The Balaban J connectivity index is 2.07. The van der Waals surface area contributed by atoms with Crippen LogP contribution in [0, 0.1) is 6.92 Å². The molecule has 0 fully saturated rings. The molecule has 2 aromatic rings. The molecule has 6 heteroatoms. The SMILES string of the molecule is Cc1c(Cl)cccc1NC(=O)[C@@H](C)Oc1ccc(Cl)cc1Cl. The zero-order valence-corrected chi connectivity index (χ0v) is 14.3. The van der Waals surface area contributed by atoms with E-state index in [1.807, 2.05) is 6.92 Å². The van der Waals surface area contributed by atoms with Crippen molar-refractivity contribution in [2.24, 2.45) is 0 Å². The minimum absolute atomic E-state index is 0.295. The van der Waals surface area contributed by atoms with Gasteiger partial charge in [0.05, 0.1) is 5.02 Å². The summed E-state index contributed by atoms with van der Waals surface area (Å²) in [6.07, 6.45) is -0.725. The molecule has 22 heavy (non-hydrogen) atoms. The number of amides is 1. The van der Waals surface area contributed by atoms with Gasteiger partial charge in [0.25, 0.3) is 5.91 Å². The van der Waals surface area contributed by atoms with Crippen LogP contribution < -0.4 is 10.1 Å². The third-order valence-corrected chi connectivity index (χ3v) is 4.03. The normalized spacial score (nSPS) is 11.9. The summed E-state index contributed by atoms with van der Waals surface area (Å²) < 4.78 is 5.57. The molecule has 0 aliphatic rings. The van der Waals surface area contributed by atoms with E-state index in [0.29, 0.717) is 26.5 Å². The van der Waals surface area contributed by atoms with Gasteiger partial charge in [-0.25, -0.2) is 0 Å². The Morgan fingerprint density at radius 3 is 2.55 bits per heavy atom. The van der Waals surface area contributed by atoms with Crippen LogP contribution in [0.4, 0.5) is 5.69 Å². The molecule has 116 valence electrons. The van der Waals surface area contributed by atoms with E-state index in [-0.39, 0.29) is 5.91 Å². The molecular formula is C16H14Cl3NO2. The summed E-state index contributed by atoms with van der Waals surface area (Å²) in [5.74, 6) is 0.105. The molecule has 1 atom stereocenters. The van der Waals surface area contributed by atoms with Crippen molar-refractivity contribution < 1.29 is 9.53 Å². The molecule has 0 saturated heterocycles. The van der Waals surface area contributed by atoms with Gasteiger partial charge in [0.1, 0.15) is 5.75 Å². The van der Waals surface area contributed by atoms with Crippen molar-refractivity contribution in [1.82, 2.24) is 0 Å². The second kappa shape index (κ2) is 7.23. The van der Waals surface area contributed by atoms with Crippen LogP contribution in [-0.2, 0) is 4.79 Å². The molecule has 0 spiro atoms. The van der Waals surface area contributed by atoms with Crippen LogP contribution >= 0.6 is 34.8 Å². The molecule has 0 unspecified atom stereocenters. The molecule has 0 aliphatic heterocycles. The topological polar surface area (TPSA) is 38.3 Å². The number of hydrogen-bond acceptors (Lipinski definition) is 2. The maximum absolute atomic E-state index is 12.2. The lowest BCUT2D eigenvalue weighted by Crippen LogP contribution is -2.30. The van der Waals surface area contributed by atoms with Crippen molar-refractivity contribution in [3.05, 3.63) is 57.0 Å². The van der Waals surface area contributed by atoms with Gasteiger partial charge >= 0.3 is 0 Å². The lowest BCUT2D eigenvalue weighted by molar-refractivity contribution is -0.122. The Kier molecular flexibility index (Phi) is 5.57.